The number of carbonyl (C=O) groups is 1. The Morgan fingerprint density at radius 3 is 2.74 bits per heavy atom. The molecule has 0 unspecified atom stereocenters. The quantitative estimate of drug-likeness (QED) is 0.480. The van der Waals surface area contributed by atoms with Crippen molar-refractivity contribution in [1.29, 1.82) is 0 Å². The van der Waals surface area contributed by atoms with E-state index in [4.69, 9.17) is 16.3 Å². The Bertz CT molecular complexity index is 1180. The average Bonchev–Trinajstić information content (AvgIpc) is 2.82. The smallest absolute Gasteiger partial charge is 0.248 e. The number of likely N-dealkylation sites (tertiary alicyclic amines) is 1. The highest BCUT2D eigenvalue weighted by molar-refractivity contribution is 6.31. The number of piperidine rings is 1. The lowest BCUT2D eigenvalue weighted by Crippen LogP contribution is -2.29. The number of ether oxygens (including phenoxy) is 1. The summed E-state index contributed by atoms with van der Waals surface area (Å²) in [4.78, 5) is 23.5. The minimum absolute atomic E-state index is 0. The Balaban J connectivity index is 0.00000324. The fourth-order valence-electron chi connectivity index (χ4n) is 3.79. The molecular weight excluding hydrogens is 461 g/mol. The summed E-state index contributed by atoms with van der Waals surface area (Å²) in [6.45, 7) is 2.89. The number of anilines is 3. The lowest BCUT2D eigenvalue weighted by molar-refractivity contribution is -0.111. The second kappa shape index (κ2) is 11.7. The molecule has 0 saturated carbocycles. The molecule has 1 aromatic heterocycles. The van der Waals surface area contributed by atoms with E-state index in [-0.39, 0.29) is 16.4 Å². The van der Waals surface area contributed by atoms with Crippen LogP contribution >= 0.6 is 11.6 Å². The van der Waals surface area contributed by atoms with Crippen molar-refractivity contribution in [3.05, 3.63) is 59.7 Å². The lowest BCUT2D eigenvalue weighted by atomic mass is 10.1. The molecule has 0 bridgehead atoms. The van der Waals surface area contributed by atoms with Gasteiger partial charge in [0, 0.05) is 29.8 Å². The van der Waals surface area contributed by atoms with Crippen LogP contribution in [0.5, 0.6) is 5.75 Å². The molecule has 4 N–H and O–H groups in total. The summed E-state index contributed by atoms with van der Waals surface area (Å²) in [5, 5.41) is 6.67. The number of nitrogens with zero attached hydrogens (tertiary/aromatic N) is 3. The van der Waals surface area contributed by atoms with Gasteiger partial charge in [0.25, 0.3) is 0 Å². The molecule has 180 valence electrons. The second-order valence-electron chi connectivity index (χ2n) is 7.80. The summed E-state index contributed by atoms with van der Waals surface area (Å²) in [5.41, 5.74) is 1.69. The first-order valence-electron chi connectivity index (χ1n) is 10.8. The minimum atomic E-state index is -0.502. The molecule has 2 aromatic carbocycles. The van der Waals surface area contributed by atoms with Crippen LogP contribution in [0.15, 0.2) is 48.8 Å². The van der Waals surface area contributed by atoms with Crippen molar-refractivity contribution in [3.8, 4) is 5.75 Å². The van der Waals surface area contributed by atoms with E-state index >= 15 is 0 Å². The number of aromatic nitrogens is 2. The van der Waals surface area contributed by atoms with Crippen molar-refractivity contribution in [3.63, 3.8) is 0 Å². The number of hydrogen-bond acceptors (Lipinski definition) is 6. The van der Waals surface area contributed by atoms with Crippen LogP contribution in [-0.2, 0) is 4.79 Å². The standard InChI is InChI=1S/C24H25ClFN5O2.H2O/c1-33-22-14-20-17(24(28-15-27-20)29-16-7-8-19(26)18(25)12-16)13-21(22)30-23(32)6-5-11-31-9-3-2-4-10-31;/h5-8,12-15H,2-4,9-11H2,1H3,(H,30,32)(H,27,28,29);1H2. The highest BCUT2D eigenvalue weighted by Crippen LogP contribution is 2.33. The third-order valence-electron chi connectivity index (χ3n) is 5.48. The predicted molar refractivity (Wildman–Crippen MR) is 132 cm³/mol. The summed E-state index contributed by atoms with van der Waals surface area (Å²) < 4.78 is 18.9. The highest BCUT2D eigenvalue weighted by atomic mass is 35.5. The summed E-state index contributed by atoms with van der Waals surface area (Å²) in [5.74, 6) is 0.218. The number of carbonyl (C=O) groups excluding carboxylic acids is 1. The van der Waals surface area contributed by atoms with Gasteiger partial charge in [0.05, 0.1) is 23.3 Å². The van der Waals surface area contributed by atoms with Crippen LogP contribution in [-0.4, -0.2) is 53.0 Å². The van der Waals surface area contributed by atoms with E-state index < -0.39 is 5.82 Å². The van der Waals surface area contributed by atoms with Gasteiger partial charge in [-0.05, 0) is 50.2 Å². The van der Waals surface area contributed by atoms with E-state index in [9.17, 15) is 9.18 Å². The normalized spacial score (nSPS) is 14.1. The third kappa shape index (κ3) is 6.19. The van der Waals surface area contributed by atoms with E-state index in [1.807, 2.05) is 6.08 Å². The van der Waals surface area contributed by atoms with Crippen molar-refractivity contribution >= 4 is 45.6 Å². The van der Waals surface area contributed by atoms with Crippen LogP contribution in [0.1, 0.15) is 19.3 Å². The van der Waals surface area contributed by atoms with Crippen molar-refractivity contribution in [2.45, 2.75) is 19.3 Å². The number of halogens is 2. The van der Waals surface area contributed by atoms with Gasteiger partial charge in [0.2, 0.25) is 5.91 Å². The number of nitrogens with one attached hydrogen (secondary N) is 2. The number of fused-ring (bicyclic) bond motifs is 1. The maximum atomic E-state index is 13.5. The van der Waals surface area contributed by atoms with Crippen LogP contribution in [0.25, 0.3) is 10.9 Å². The van der Waals surface area contributed by atoms with Gasteiger partial charge in [-0.15, -0.1) is 0 Å². The van der Waals surface area contributed by atoms with Gasteiger partial charge in [-0.25, -0.2) is 14.4 Å². The van der Waals surface area contributed by atoms with E-state index in [0.717, 1.165) is 19.6 Å². The molecule has 34 heavy (non-hydrogen) atoms. The third-order valence-corrected chi connectivity index (χ3v) is 5.77. The molecular formula is C24H27ClFN5O3. The van der Waals surface area contributed by atoms with Crippen molar-refractivity contribution < 1.29 is 19.4 Å². The topological polar surface area (TPSA) is 111 Å². The molecule has 2 heterocycles. The van der Waals surface area contributed by atoms with Gasteiger partial charge in [0.1, 0.15) is 23.7 Å². The molecule has 1 amide bonds. The monoisotopic (exact) mass is 487 g/mol. The molecule has 3 aromatic rings. The van der Waals surface area contributed by atoms with Crippen molar-refractivity contribution in [2.24, 2.45) is 0 Å². The van der Waals surface area contributed by atoms with Gasteiger partial charge in [-0.1, -0.05) is 24.1 Å². The molecule has 0 spiro atoms. The molecule has 10 heteroatoms. The Morgan fingerprint density at radius 2 is 2.00 bits per heavy atom. The maximum absolute atomic E-state index is 13.5. The van der Waals surface area contributed by atoms with Gasteiger partial charge in [-0.2, -0.15) is 0 Å². The van der Waals surface area contributed by atoms with Crippen LogP contribution in [0.4, 0.5) is 21.6 Å². The molecule has 1 fully saturated rings. The Hall–Kier alpha value is -3.27. The maximum Gasteiger partial charge on any atom is 0.248 e. The molecule has 0 radical (unpaired) electrons. The first-order chi connectivity index (χ1) is 16.0. The summed E-state index contributed by atoms with van der Waals surface area (Å²) >= 11 is 5.89. The molecule has 4 rings (SSSR count). The van der Waals surface area contributed by atoms with Gasteiger partial charge in [-0.3, -0.25) is 9.69 Å². The fraction of sp³-hybridized carbons (Fsp3) is 0.292. The second-order valence-corrected chi connectivity index (χ2v) is 8.21. The SMILES string of the molecule is COc1cc2ncnc(Nc3ccc(F)c(Cl)c3)c2cc1NC(=O)C=CCN1CCCCC1.O. The van der Waals surface area contributed by atoms with Crippen LogP contribution in [0, 0.1) is 5.82 Å². The predicted octanol–water partition coefficient (Wildman–Crippen LogP) is 4.33. The van der Waals surface area contributed by atoms with Gasteiger partial charge < -0.3 is 20.8 Å². The zero-order chi connectivity index (χ0) is 23.2. The van der Waals surface area contributed by atoms with Crippen LogP contribution in [0.2, 0.25) is 5.02 Å². The van der Waals surface area contributed by atoms with Gasteiger partial charge >= 0.3 is 0 Å². The Morgan fingerprint density at radius 1 is 1.21 bits per heavy atom. The Kier molecular flexibility index (Phi) is 8.75. The lowest BCUT2D eigenvalue weighted by Gasteiger charge is -2.24. The average molecular weight is 488 g/mol. The number of methoxy groups -OCH3 is 1. The van der Waals surface area contributed by atoms with Crippen LogP contribution < -0.4 is 15.4 Å². The van der Waals surface area contributed by atoms with E-state index in [0.29, 0.717) is 33.8 Å². The first kappa shape index (κ1) is 25.4. The van der Waals surface area contributed by atoms with Gasteiger partial charge in [0.15, 0.2) is 0 Å². The van der Waals surface area contributed by atoms with Crippen molar-refractivity contribution in [2.75, 3.05) is 37.4 Å². The van der Waals surface area contributed by atoms with Crippen molar-refractivity contribution in [1.82, 2.24) is 14.9 Å². The van der Waals surface area contributed by atoms with E-state index in [2.05, 4.69) is 25.5 Å². The van der Waals surface area contributed by atoms with Crippen LogP contribution in [0.3, 0.4) is 0 Å². The molecule has 1 aliphatic rings. The summed E-state index contributed by atoms with van der Waals surface area (Å²) in [7, 11) is 1.53. The molecule has 1 aliphatic heterocycles. The van der Waals surface area contributed by atoms with E-state index in [1.54, 1.807) is 24.3 Å². The molecule has 8 nitrogen and oxygen atoms in total. The zero-order valence-electron chi connectivity index (χ0n) is 18.8. The fourth-order valence-corrected chi connectivity index (χ4v) is 3.97. The number of benzene rings is 2. The largest absolute Gasteiger partial charge is 0.494 e. The minimum Gasteiger partial charge on any atom is -0.494 e. The molecule has 0 atom stereocenters. The first-order valence-corrected chi connectivity index (χ1v) is 11.2. The summed E-state index contributed by atoms with van der Waals surface area (Å²) in [6, 6.07) is 7.79. The van der Waals surface area contributed by atoms with E-state index in [1.165, 1.54) is 44.8 Å². The Labute approximate surface area is 202 Å². The molecule has 1 saturated heterocycles. The number of rotatable bonds is 7. The zero-order valence-corrected chi connectivity index (χ0v) is 19.5. The molecule has 0 aliphatic carbocycles. The summed E-state index contributed by atoms with van der Waals surface area (Å²) in [6.07, 6.45) is 8.52. The highest BCUT2D eigenvalue weighted by Gasteiger charge is 2.13. The number of hydrogen-bond donors (Lipinski definition) is 2. The number of amides is 1.